The number of hydrogen-bond donors (Lipinski definition) is 2. The highest BCUT2D eigenvalue weighted by atomic mass is 16.1. The van der Waals surface area contributed by atoms with Crippen LogP contribution in [0, 0.1) is 0 Å². The van der Waals surface area contributed by atoms with Crippen LogP contribution in [0.15, 0.2) is 42.7 Å². The second-order valence-electron chi connectivity index (χ2n) is 4.39. The molecule has 0 saturated heterocycles. The topological polar surface area (TPSA) is 68.0 Å². The maximum atomic E-state index is 11.4. The Morgan fingerprint density at radius 3 is 2.68 bits per heavy atom. The van der Waals surface area contributed by atoms with E-state index in [1.54, 1.807) is 24.5 Å². The quantitative estimate of drug-likeness (QED) is 0.636. The molecule has 1 heterocycles. The normalized spacial score (nSPS) is 10.2. The highest BCUT2D eigenvalue weighted by molar-refractivity contribution is 5.99. The van der Waals surface area contributed by atoms with Gasteiger partial charge in [0.05, 0.1) is 0 Å². The molecule has 0 unspecified atom stereocenters. The van der Waals surface area contributed by atoms with Crippen molar-refractivity contribution in [1.29, 1.82) is 0 Å². The molecule has 0 aliphatic carbocycles. The molecular formula is C15H17N3O. The Bertz CT molecular complexity index is 567. The number of hydrogen-bond acceptors (Lipinski definition) is 4. The minimum Gasteiger partial charge on any atom is -0.398 e. The van der Waals surface area contributed by atoms with Crippen molar-refractivity contribution in [2.75, 3.05) is 17.6 Å². The molecule has 19 heavy (non-hydrogen) atoms. The molecule has 0 bridgehead atoms. The molecule has 0 atom stereocenters. The fourth-order valence-electron chi connectivity index (χ4n) is 1.87. The van der Waals surface area contributed by atoms with Gasteiger partial charge in [0.15, 0.2) is 5.78 Å². The van der Waals surface area contributed by atoms with Crippen LogP contribution in [0.2, 0.25) is 0 Å². The highest BCUT2D eigenvalue weighted by Crippen LogP contribution is 2.18. The van der Waals surface area contributed by atoms with Crippen molar-refractivity contribution in [3.8, 4) is 0 Å². The third-order valence-corrected chi connectivity index (χ3v) is 2.92. The summed E-state index contributed by atoms with van der Waals surface area (Å²) in [6.45, 7) is 2.32. The standard InChI is InChI=1S/C15H17N3O/c1-11(19)14-10-13(2-3-15(14)16)18-9-6-12-4-7-17-8-5-12/h2-5,7-8,10,18H,6,9,16H2,1H3. The summed E-state index contributed by atoms with van der Waals surface area (Å²) in [7, 11) is 0. The molecule has 2 rings (SSSR count). The third-order valence-electron chi connectivity index (χ3n) is 2.92. The van der Waals surface area contributed by atoms with Crippen LogP contribution >= 0.6 is 0 Å². The summed E-state index contributed by atoms with van der Waals surface area (Å²) in [6, 6.07) is 9.42. The Morgan fingerprint density at radius 2 is 2.00 bits per heavy atom. The summed E-state index contributed by atoms with van der Waals surface area (Å²) < 4.78 is 0. The Balaban J connectivity index is 1.97. The molecule has 3 N–H and O–H groups in total. The molecule has 1 aromatic heterocycles. The fraction of sp³-hybridized carbons (Fsp3) is 0.200. The van der Waals surface area contributed by atoms with Gasteiger partial charge in [-0.25, -0.2) is 0 Å². The molecule has 98 valence electrons. The predicted octanol–water partition coefficient (Wildman–Crippen LogP) is 2.52. The van der Waals surface area contributed by atoms with Gasteiger partial charge in [-0.15, -0.1) is 0 Å². The Morgan fingerprint density at radius 1 is 1.26 bits per heavy atom. The molecule has 4 nitrogen and oxygen atoms in total. The van der Waals surface area contributed by atoms with Crippen molar-refractivity contribution in [3.63, 3.8) is 0 Å². The first-order valence-electron chi connectivity index (χ1n) is 6.20. The van der Waals surface area contributed by atoms with E-state index in [1.165, 1.54) is 12.5 Å². The van der Waals surface area contributed by atoms with Crippen LogP contribution in [0.1, 0.15) is 22.8 Å². The zero-order chi connectivity index (χ0) is 13.7. The molecule has 2 aromatic rings. The summed E-state index contributed by atoms with van der Waals surface area (Å²) in [5, 5.41) is 3.29. The number of benzene rings is 1. The number of anilines is 2. The summed E-state index contributed by atoms with van der Waals surface area (Å²) in [4.78, 5) is 15.4. The van der Waals surface area contributed by atoms with E-state index >= 15 is 0 Å². The number of Topliss-reactive ketones (excluding diaryl/α,β-unsaturated/α-hetero) is 1. The number of nitrogens with two attached hydrogens (primary N) is 1. The Hall–Kier alpha value is -2.36. The lowest BCUT2D eigenvalue weighted by Gasteiger charge is -2.09. The number of aromatic nitrogens is 1. The van der Waals surface area contributed by atoms with Crippen molar-refractivity contribution in [2.24, 2.45) is 0 Å². The summed E-state index contributed by atoms with van der Waals surface area (Å²) in [5.41, 5.74) is 8.98. The first-order valence-corrected chi connectivity index (χ1v) is 6.20. The average molecular weight is 255 g/mol. The largest absolute Gasteiger partial charge is 0.398 e. The van der Waals surface area contributed by atoms with Crippen LogP contribution in [-0.4, -0.2) is 17.3 Å². The van der Waals surface area contributed by atoms with Gasteiger partial charge in [0.25, 0.3) is 0 Å². The lowest BCUT2D eigenvalue weighted by molar-refractivity contribution is 0.101. The van der Waals surface area contributed by atoms with E-state index in [1.807, 2.05) is 18.2 Å². The number of rotatable bonds is 5. The van der Waals surface area contributed by atoms with E-state index in [4.69, 9.17) is 5.73 Å². The predicted molar refractivity (Wildman–Crippen MR) is 77.3 cm³/mol. The second-order valence-corrected chi connectivity index (χ2v) is 4.39. The zero-order valence-electron chi connectivity index (χ0n) is 10.9. The minimum atomic E-state index is -0.0183. The lowest BCUT2D eigenvalue weighted by atomic mass is 10.1. The number of ketones is 1. The SMILES string of the molecule is CC(=O)c1cc(NCCc2ccncc2)ccc1N. The smallest absolute Gasteiger partial charge is 0.161 e. The van der Waals surface area contributed by atoms with Gasteiger partial charge in [0.1, 0.15) is 0 Å². The Labute approximate surface area is 112 Å². The van der Waals surface area contributed by atoms with Gasteiger partial charge in [-0.3, -0.25) is 9.78 Å². The van der Waals surface area contributed by atoms with E-state index in [0.29, 0.717) is 11.3 Å². The molecule has 0 radical (unpaired) electrons. The first kappa shape index (κ1) is 13.1. The van der Waals surface area contributed by atoms with E-state index in [-0.39, 0.29) is 5.78 Å². The third kappa shape index (κ3) is 3.55. The summed E-state index contributed by atoms with van der Waals surface area (Å²) in [5.74, 6) is -0.0183. The van der Waals surface area contributed by atoms with Crippen molar-refractivity contribution >= 4 is 17.2 Å². The highest BCUT2D eigenvalue weighted by Gasteiger charge is 2.05. The van der Waals surface area contributed by atoms with Gasteiger partial charge in [0, 0.05) is 35.9 Å². The lowest BCUT2D eigenvalue weighted by Crippen LogP contribution is -2.07. The average Bonchev–Trinajstić information content (AvgIpc) is 2.41. The van der Waals surface area contributed by atoms with Crippen molar-refractivity contribution in [1.82, 2.24) is 4.98 Å². The van der Waals surface area contributed by atoms with Crippen LogP contribution < -0.4 is 11.1 Å². The van der Waals surface area contributed by atoms with Gasteiger partial charge < -0.3 is 11.1 Å². The van der Waals surface area contributed by atoms with Crippen LogP contribution in [0.4, 0.5) is 11.4 Å². The van der Waals surface area contributed by atoms with Crippen molar-refractivity contribution in [2.45, 2.75) is 13.3 Å². The summed E-state index contributed by atoms with van der Waals surface area (Å²) >= 11 is 0. The van der Waals surface area contributed by atoms with Crippen molar-refractivity contribution < 1.29 is 4.79 Å². The molecular weight excluding hydrogens is 238 g/mol. The molecule has 0 amide bonds. The van der Waals surface area contributed by atoms with Crippen LogP contribution in [0.25, 0.3) is 0 Å². The monoisotopic (exact) mass is 255 g/mol. The molecule has 0 saturated carbocycles. The number of pyridine rings is 1. The first-order chi connectivity index (χ1) is 9.16. The van der Waals surface area contributed by atoms with Crippen LogP contribution in [0.5, 0.6) is 0 Å². The molecule has 0 aliphatic rings. The molecule has 4 heteroatoms. The maximum Gasteiger partial charge on any atom is 0.161 e. The molecule has 0 spiro atoms. The van der Waals surface area contributed by atoms with Crippen molar-refractivity contribution in [3.05, 3.63) is 53.9 Å². The fourth-order valence-corrected chi connectivity index (χ4v) is 1.87. The molecule has 0 aliphatic heterocycles. The minimum absolute atomic E-state index is 0.0183. The number of carbonyl (C=O) groups excluding carboxylic acids is 1. The number of nitrogens with one attached hydrogen (secondary N) is 1. The molecule has 0 fully saturated rings. The van der Waals surface area contributed by atoms with Gasteiger partial charge >= 0.3 is 0 Å². The maximum absolute atomic E-state index is 11.4. The van der Waals surface area contributed by atoms with E-state index < -0.39 is 0 Å². The Kier molecular flexibility index (Phi) is 4.13. The molecule has 1 aromatic carbocycles. The van der Waals surface area contributed by atoms with Gasteiger partial charge in [0.2, 0.25) is 0 Å². The second kappa shape index (κ2) is 6.00. The van der Waals surface area contributed by atoms with E-state index in [0.717, 1.165) is 18.7 Å². The zero-order valence-corrected chi connectivity index (χ0v) is 10.9. The summed E-state index contributed by atoms with van der Waals surface area (Å²) in [6.07, 6.45) is 4.47. The van der Waals surface area contributed by atoms with Gasteiger partial charge in [-0.1, -0.05) is 0 Å². The number of nitrogens with zero attached hydrogens (tertiary/aromatic N) is 1. The van der Waals surface area contributed by atoms with Crippen LogP contribution in [0.3, 0.4) is 0 Å². The van der Waals surface area contributed by atoms with E-state index in [9.17, 15) is 4.79 Å². The van der Waals surface area contributed by atoms with Crippen LogP contribution in [-0.2, 0) is 6.42 Å². The van der Waals surface area contributed by atoms with E-state index in [2.05, 4.69) is 10.3 Å². The number of nitrogen functional groups attached to an aromatic ring is 1. The van der Waals surface area contributed by atoms with Gasteiger partial charge in [-0.05, 0) is 49.2 Å². The van der Waals surface area contributed by atoms with Gasteiger partial charge in [-0.2, -0.15) is 0 Å². The number of carbonyl (C=O) groups is 1.